The first-order valence-electron chi connectivity index (χ1n) is 4.63. The van der Waals surface area contributed by atoms with Crippen LogP contribution in [0.3, 0.4) is 0 Å². The molecule has 2 aliphatic rings. The van der Waals surface area contributed by atoms with E-state index in [0.29, 0.717) is 0 Å². The van der Waals surface area contributed by atoms with Gasteiger partial charge in [0, 0.05) is 12.1 Å². The zero-order valence-electron chi connectivity index (χ0n) is 6.84. The smallest absolute Gasteiger partial charge is 0.00985 e. The summed E-state index contributed by atoms with van der Waals surface area (Å²) in [4.78, 5) is 2.71. The fourth-order valence-corrected chi connectivity index (χ4v) is 2.56. The van der Waals surface area contributed by atoms with Crippen LogP contribution < -0.4 is 0 Å². The lowest BCUT2D eigenvalue weighted by Gasteiger charge is -2.35. The summed E-state index contributed by atoms with van der Waals surface area (Å²) in [7, 11) is 0. The van der Waals surface area contributed by atoms with Gasteiger partial charge >= 0.3 is 0 Å². The van der Waals surface area contributed by atoms with Crippen molar-refractivity contribution in [2.24, 2.45) is 0 Å². The van der Waals surface area contributed by atoms with E-state index in [1.54, 1.807) is 0 Å². The third-order valence-electron chi connectivity index (χ3n) is 3.15. The van der Waals surface area contributed by atoms with Gasteiger partial charge in [-0.2, -0.15) is 0 Å². The number of fused-ring (bicyclic) bond motifs is 1. The quantitative estimate of drug-likeness (QED) is 0.496. The molecule has 0 N–H and O–H groups in total. The van der Waals surface area contributed by atoms with E-state index in [9.17, 15) is 0 Å². The van der Waals surface area contributed by atoms with Crippen molar-refractivity contribution in [3.05, 3.63) is 0 Å². The summed E-state index contributed by atoms with van der Waals surface area (Å²) in [5.74, 6) is 0. The Hall–Kier alpha value is -0.0400. The van der Waals surface area contributed by atoms with E-state index >= 15 is 0 Å². The SMILES string of the molecule is CC1CCCC2CCCN12. The molecule has 2 aliphatic heterocycles. The van der Waals surface area contributed by atoms with Gasteiger partial charge in [-0.3, -0.25) is 4.90 Å². The van der Waals surface area contributed by atoms with Crippen LogP contribution in [-0.4, -0.2) is 23.5 Å². The maximum Gasteiger partial charge on any atom is 0.00985 e. The predicted octanol–water partition coefficient (Wildman–Crippen LogP) is 2.02. The molecular formula is C9H17N. The van der Waals surface area contributed by atoms with Crippen molar-refractivity contribution >= 4 is 0 Å². The predicted molar refractivity (Wildman–Crippen MR) is 43.0 cm³/mol. The molecule has 1 nitrogen and oxygen atoms in total. The number of hydrogen-bond donors (Lipinski definition) is 0. The standard InChI is InChI=1S/C9H17N/c1-8-4-2-5-9-6-3-7-10(8)9/h8-9H,2-7H2,1H3. The van der Waals surface area contributed by atoms with Gasteiger partial charge in [-0.1, -0.05) is 6.42 Å². The minimum Gasteiger partial charge on any atom is -0.298 e. The van der Waals surface area contributed by atoms with Crippen molar-refractivity contribution in [1.29, 1.82) is 0 Å². The first kappa shape index (κ1) is 6.66. The van der Waals surface area contributed by atoms with Crippen LogP contribution in [0.25, 0.3) is 0 Å². The highest BCUT2D eigenvalue weighted by atomic mass is 15.2. The number of hydrogen-bond acceptors (Lipinski definition) is 1. The van der Waals surface area contributed by atoms with Crippen molar-refractivity contribution in [2.75, 3.05) is 6.54 Å². The first-order valence-corrected chi connectivity index (χ1v) is 4.63. The molecule has 0 bridgehead atoms. The highest BCUT2D eigenvalue weighted by molar-refractivity contribution is 4.86. The Kier molecular flexibility index (Phi) is 1.69. The molecule has 2 atom stereocenters. The molecule has 2 saturated heterocycles. The number of rotatable bonds is 0. The van der Waals surface area contributed by atoms with Crippen molar-refractivity contribution in [2.45, 2.75) is 51.1 Å². The summed E-state index contributed by atoms with van der Waals surface area (Å²) < 4.78 is 0. The molecule has 0 spiro atoms. The van der Waals surface area contributed by atoms with E-state index in [-0.39, 0.29) is 0 Å². The van der Waals surface area contributed by atoms with Crippen LogP contribution in [0.15, 0.2) is 0 Å². The fraction of sp³-hybridized carbons (Fsp3) is 1.00. The molecule has 0 amide bonds. The lowest BCUT2D eigenvalue weighted by molar-refractivity contribution is 0.135. The molecule has 58 valence electrons. The van der Waals surface area contributed by atoms with Crippen molar-refractivity contribution in [3.8, 4) is 0 Å². The molecule has 2 heterocycles. The Morgan fingerprint density at radius 2 is 1.90 bits per heavy atom. The van der Waals surface area contributed by atoms with E-state index in [4.69, 9.17) is 0 Å². The average Bonchev–Trinajstić information content (AvgIpc) is 2.36. The van der Waals surface area contributed by atoms with Gasteiger partial charge in [0.25, 0.3) is 0 Å². The molecule has 2 fully saturated rings. The maximum absolute atomic E-state index is 2.71. The topological polar surface area (TPSA) is 3.24 Å². The molecule has 0 radical (unpaired) electrons. The number of nitrogens with zero attached hydrogens (tertiary/aromatic N) is 1. The van der Waals surface area contributed by atoms with E-state index in [0.717, 1.165) is 12.1 Å². The summed E-state index contributed by atoms with van der Waals surface area (Å²) in [6.45, 7) is 3.77. The molecular weight excluding hydrogens is 122 g/mol. The van der Waals surface area contributed by atoms with Crippen LogP contribution in [0.1, 0.15) is 39.0 Å². The summed E-state index contributed by atoms with van der Waals surface area (Å²) in [5, 5.41) is 0. The van der Waals surface area contributed by atoms with Crippen LogP contribution in [0.2, 0.25) is 0 Å². The van der Waals surface area contributed by atoms with Crippen molar-refractivity contribution in [3.63, 3.8) is 0 Å². The third kappa shape index (κ3) is 0.968. The lowest BCUT2D eigenvalue weighted by Crippen LogP contribution is -2.40. The van der Waals surface area contributed by atoms with Crippen molar-refractivity contribution < 1.29 is 0 Å². The highest BCUT2D eigenvalue weighted by Crippen LogP contribution is 2.30. The minimum atomic E-state index is 0.890. The Bertz CT molecular complexity index is 122. The van der Waals surface area contributed by atoms with Gasteiger partial charge in [0.15, 0.2) is 0 Å². The Balaban J connectivity index is 2.03. The number of piperidine rings is 1. The van der Waals surface area contributed by atoms with E-state index in [1.807, 2.05) is 0 Å². The zero-order valence-corrected chi connectivity index (χ0v) is 6.84. The fourth-order valence-electron chi connectivity index (χ4n) is 2.56. The summed E-state index contributed by atoms with van der Waals surface area (Å²) in [6, 6.07) is 1.87. The first-order chi connectivity index (χ1) is 4.88. The Morgan fingerprint density at radius 3 is 2.70 bits per heavy atom. The lowest BCUT2D eigenvalue weighted by atomic mass is 9.98. The molecule has 2 unspecified atom stereocenters. The van der Waals surface area contributed by atoms with Crippen molar-refractivity contribution in [1.82, 2.24) is 4.90 Å². The van der Waals surface area contributed by atoms with Crippen LogP contribution in [0.4, 0.5) is 0 Å². The Morgan fingerprint density at radius 1 is 1.10 bits per heavy atom. The summed E-state index contributed by atoms with van der Waals surface area (Å²) in [6.07, 6.45) is 7.32. The maximum atomic E-state index is 2.71. The van der Waals surface area contributed by atoms with E-state index in [1.165, 1.54) is 38.6 Å². The van der Waals surface area contributed by atoms with Gasteiger partial charge < -0.3 is 0 Å². The molecule has 1 heteroatoms. The molecule has 0 aromatic carbocycles. The van der Waals surface area contributed by atoms with Gasteiger partial charge in [-0.25, -0.2) is 0 Å². The van der Waals surface area contributed by atoms with Gasteiger partial charge in [0.05, 0.1) is 0 Å². The average molecular weight is 139 g/mol. The van der Waals surface area contributed by atoms with Crippen LogP contribution in [0.5, 0.6) is 0 Å². The summed E-state index contributed by atoms with van der Waals surface area (Å²) in [5.41, 5.74) is 0. The van der Waals surface area contributed by atoms with Crippen LogP contribution in [0, 0.1) is 0 Å². The van der Waals surface area contributed by atoms with E-state index < -0.39 is 0 Å². The second kappa shape index (κ2) is 2.54. The summed E-state index contributed by atoms with van der Waals surface area (Å²) >= 11 is 0. The van der Waals surface area contributed by atoms with Crippen LogP contribution >= 0.6 is 0 Å². The largest absolute Gasteiger partial charge is 0.298 e. The minimum absolute atomic E-state index is 0.890. The zero-order chi connectivity index (χ0) is 6.97. The second-order valence-corrected chi connectivity index (χ2v) is 3.81. The molecule has 2 rings (SSSR count). The molecule has 0 aliphatic carbocycles. The van der Waals surface area contributed by atoms with Crippen LogP contribution in [-0.2, 0) is 0 Å². The third-order valence-corrected chi connectivity index (χ3v) is 3.15. The Labute approximate surface area is 63.4 Å². The van der Waals surface area contributed by atoms with Gasteiger partial charge in [-0.05, 0) is 39.2 Å². The second-order valence-electron chi connectivity index (χ2n) is 3.81. The van der Waals surface area contributed by atoms with Gasteiger partial charge in [0.2, 0.25) is 0 Å². The highest BCUT2D eigenvalue weighted by Gasteiger charge is 2.30. The monoisotopic (exact) mass is 139 g/mol. The molecule has 10 heavy (non-hydrogen) atoms. The molecule has 0 aromatic rings. The van der Waals surface area contributed by atoms with Gasteiger partial charge in [0.1, 0.15) is 0 Å². The van der Waals surface area contributed by atoms with E-state index in [2.05, 4.69) is 11.8 Å². The normalized spacial score (nSPS) is 41.7. The molecule has 0 aromatic heterocycles. The van der Waals surface area contributed by atoms with Gasteiger partial charge in [-0.15, -0.1) is 0 Å². The molecule has 0 saturated carbocycles.